The number of ether oxygens (including phenoxy) is 1. The molecule has 1 amide bonds. The van der Waals surface area contributed by atoms with Crippen LogP contribution in [0, 0.1) is 0 Å². The van der Waals surface area contributed by atoms with Crippen LogP contribution in [0.5, 0.6) is 5.75 Å². The van der Waals surface area contributed by atoms with E-state index >= 15 is 0 Å². The molecule has 132 valence electrons. The van der Waals surface area contributed by atoms with Gasteiger partial charge in [-0.3, -0.25) is 4.79 Å². The van der Waals surface area contributed by atoms with Crippen LogP contribution < -0.4 is 15.1 Å². The second-order valence-electron chi connectivity index (χ2n) is 5.30. The number of benzene rings is 2. The van der Waals surface area contributed by atoms with E-state index in [0.29, 0.717) is 5.75 Å². The topological polar surface area (TPSA) is 53.9 Å². The highest BCUT2D eigenvalue weighted by Gasteiger charge is 2.02. The van der Waals surface area contributed by atoms with Crippen LogP contribution in [0.25, 0.3) is 0 Å². The molecule has 0 fully saturated rings. The van der Waals surface area contributed by atoms with Crippen LogP contribution in [-0.4, -0.2) is 31.8 Å². The zero-order valence-corrected chi connectivity index (χ0v) is 16.0. The van der Waals surface area contributed by atoms with E-state index in [1.54, 1.807) is 18.3 Å². The summed E-state index contributed by atoms with van der Waals surface area (Å²) in [4.78, 5) is 14.0. The van der Waals surface area contributed by atoms with Crippen LogP contribution in [0.2, 0.25) is 0 Å². The number of halogens is 1. The molecular weight excluding hydrogens is 382 g/mol. The van der Waals surface area contributed by atoms with Gasteiger partial charge in [-0.05, 0) is 49.7 Å². The van der Waals surface area contributed by atoms with Gasteiger partial charge in [0.25, 0.3) is 5.91 Å². The van der Waals surface area contributed by atoms with Crippen molar-refractivity contribution in [3.8, 4) is 5.75 Å². The SMILES string of the molecule is CCN(CC)c1ccc(C=NNC(=O)COc2cccc(Br)c2)cc1. The molecule has 0 spiro atoms. The Kier molecular flexibility index (Phi) is 7.47. The number of hydrogen-bond acceptors (Lipinski definition) is 4. The van der Waals surface area contributed by atoms with Gasteiger partial charge in [0.05, 0.1) is 6.21 Å². The summed E-state index contributed by atoms with van der Waals surface area (Å²) in [5.74, 6) is 0.316. The first-order chi connectivity index (χ1) is 12.1. The summed E-state index contributed by atoms with van der Waals surface area (Å²) in [6.07, 6.45) is 1.61. The molecule has 2 rings (SSSR count). The summed E-state index contributed by atoms with van der Waals surface area (Å²) in [7, 11) is 0. The van der Waals surface area contributed by atoms with E-state index in [-0.39, 0.29) is 12.5 Å². The third-order valence-corrected chi connectivity index (χ3v) is 4.08. The van der Waals surface area contributed by atoms with Gasteiger partial charge < -0.3 is 9.64 Å². The summed E-state index contributed by atoms with van der Waals surface area (Å²) >= 11 is 3.35. The van der Waals surface area contributed by atoms with Gasteiger partial charge in [-0.1, -0.05) is 34.1 Å². The minimum Gasteiger partial charge on any atom is -0.484 e. The Hall–Kier alpha value is -2.34. The number of nitrogens with one attached hydrogen (secondary N) is 1. The average Bonchev–Trinajstić information content (AvgIpc) is 2.62. The predicted octanol–water partition coefficient (Wildman–Crippen LogP) is 3.82. The number of carbonyl (C=O) groups is 1. The fourth-order valence-corrected chi connectivity index (χ4v) is 2.65. The highest BCUT2D eigenvalue weighted by Crippen LogP contribution is 2.17. The third kappa shape index (κ3) is 6.23. The predicted molar refractivity (Wildman–Crippen MR) is 105 cm³/mol. The highest BCUT2D eigenvalue weighted by atomic mass is 79.9. The van der Waals surface area contributed by atoms with E-state index in [0.717, 1.165) is 23.1 Å². The normalized spacial score (nSPS) is 10.7. The average molecular weight is 404 g/mol. The zero-order chi connectivity index (χ0) is 18.1. The lowest BCUT2D eigenvalue weighted by Crippen LogP contribution is -2.24. The highest BCUT2D eigenvalue weighted by molar-refractivity contribution is 9.10. The molecule has 0 aliphatic heterocycles. The zero-order valence-electron chi connectivity index (χ0n) is 14.4. The number of nitrogens with zero attached hydrogens (tertiary/aromatic N) is 2. The van der Waals surface area contributed by atoms with Crippen molar-refractivity contribution >= 4 is 33.7 Å². The Morgan fingerprint density at radius 3 is 2.56 bits per heavy atom. The second kappa shape index (κ2) is 9.84. The molecule has 0 bridgehead atoms. The minimum atomic E-state index is -0.309. The van der Waals surface area contributed by atoms with Crippen molar-refractivity contribution in [2.45, 2.75) is 13.8 Å². The molecule has 0 aliphatic carbocycles. The van der Waals surface area contributed by atoms with Gasteiger partial charge in [-0.25, -0.2) is 5.43 Å². The molecule has 2 aromatic rings. The molecule has 0 radical (unpaired) electrons. The molecule has 0 saturated heterocycles. The molecule has 5 nitrogen and oxygen atoms in total. The van der Waals surface area contributed by atoms with E-state index < -0.39 is 0 Å². The van der Waals surface area contributed by atoms with Gasteiger partial charge in [0.1, 0.15) is 5.75 Å². The maximum atomic E-state index is 11.7. The number of carbonyl (C=O) groups excluding carboxylic acids is 1. The van der Waals surface area contributed by atoms with Crippen molar-refractivity contribution in [2.24, 2.45) is 5.10 Å². The molecule has 0 aliphatic rings. The lowest BCUT2D eigenvalue weighted by molar-refractivity contribution is -0.123. The number of hydrogen-bond donors (Lipinski definition) is 1. The molecule has 25 heavy (non-hydrogen) atoms. The molecule has 6 heteroatoms. The summed E-state index contributed by atoms with van der Waals surface area (Å²) in [5, 5.41) is 3.96. The van der Waals surface area contributed by atoms with Crippen molar-refractivity contribution in [3.05, 3.63) is 58.6 Å². The van der Waals surface area contributed by atoms with E-state index in [2.05, 4.69) is 45.2 Å². The van der Waals surface area contributed by atoms with Crippen LogP contribution >= 0.6 is 15.9 Å². The Morgan fingerprint density at radius 1 is 1.20 bits per heavy atom. The van der Waals surface area contributed by atoms with Gasteiger partial charge in [0.2, 0.25) is 0 Å². The van der Waals surface area contributed by atoms with Crippen LogP contribution in [0.3, 0.4) is 0 Å². The number of rotatable bonds is 8. The van der Waals surface area contributed by atoms with Gasteiger partial charge >= 0.3 is 0 Å². The number of amides is 1. The van der Waals surface area contributed by atoms with Crippen LogP contribution in [0.1, 0.15) is 19.4 Å². The summed E-state index contributed by atoms with van der Waals surface area (Å²) < 4.78 is 6.30. The smallest absolute Gasteiger partial charge is 0.277 e. The quantitative estimate of drug-likeness (QED) is 0.538. The standard InChI is InChI=1S/C19H22BrN3O2/c1-3-23(4-2)17-10-8-15(9-11-17)13-21-22-19(24)14-25-18-7-5-6-16(20)12-18/h5-13H,3-4,14H2,1-2H3,(H,22,24). The first-order valence-corrected chi connectivity index (χ1v) is 8.97. The Morgan fingerprint density at radius 2 is 1.92 bits per heavy atom. The van der Waals surface area contributed by atoms with E-state index in [4.69, 9.17) is 4.74 Å². The maximum absolute atomic E-state index is 11.7. The molecular formula is C19H22BrN3O2. The van der Waals surface area contributed by atoms with E-state index in [1.165, 1.54) is 5.69 Å². The Bertz CT molecular complexity index is 713. The van der Waals surface area contributed by atoms with Crippen molar-refractivity contribution in [2.75, 3.05) is 24.6 Å². The maximum Gasteiger partial charge on any atom is 0.277 e. The van der Waals surface area contributed by atoms with Crippen molar-refractivity contribution in [1.82, 2.24) is 5.43 Å². The van der Waals surface area contributed by atoms with Crippen LogP contribution in [0.4, 0.5) is 5.69 Å². The fraction of sp³-hybridized carbons (Fsp3) is 0.263. The molecule has 0 aromatic heterocycles. The van der Waals surface area contributed by atoms with Crippen LogP contribution in [-0.2, 0) is 4.79 Å². The third-order valence-electron chi connectivity index (χ3n) is 3.59. The van der Waals surface area contributed by atoms with E-state index in [9.17, 15) is 4.79 Å². The monoisotopic (exact) mass is 403 g/mol. The molecule has 0 unspecified atom stereocenters. The minimum absolute atomic E-state index is 0.0886. The lowest BCUT2D eigenvalue weighted by atomic mass is 10.2. The number of hydrazone groups is 1. The van der Waals surface area contributed by atoms with E-state index in [1.807, 2.05) is 36.4 Å². The van der Waals surface area contributed by atoms with Gasteiger partial charge in [-0.2, -0.15) is 5.10 Å². The summed E-state index contributed by atoms with van der Waals surface area (Å²) in [5.41, 5.74) is 4.55. The molecule has 0 heterocycles. The first-order valence-electron chi connectivity index (χ1n) is 8.17. The fourth-order valence-electron chi connectivity index (χ4n) is 2.28. The van der Waals surface area contributed by atoms with Gasteiger partial charge in [0, 0.05) is 23.2 Å². The first kappa shape index (κ1) is 19.0. The lowest BCUT2D eigenvalue weighted by Gasteiger charge is -2.20. The molecule has 1 N–H and O–H groups in total. The van der Waals surface area contributed by atoms with Gasteiger partial charge in [-0.15, -0.1) is 0 Å². The van der Waals surface area contributed by atoms with Crippen molar-refractivity contribution in [3.63, 3.8) is 0 Å². The number of anilines is 1. The Balaban J connectivity index is 1.80. The molecule has 0 atom stereocenters. The van der Waals surface area contributed by atoms with Crippen LogP contribution in [0.15, 0.2) is 58.1 Å². The van der Waals surface area contributed by atoms with Gasteiger partial charge in [0.15, 0.2) is 6.61 Å². The summed E-state index contributed by atoms with van der Waals surface area (Å²) in [6, 6.07) is 15.4. The molecule has 0 saturated carbocycles. The Labute approximate surface area is 156 Å². The van der Waals surface area contributed by atoms with Crippen molar-refractivity contribution in [1.29, 1.82) is 0 Å². The second-order valence-corrected chi connectivity index (χ2v) is 6.22. The summed E-state index contributed by atoms with van der Waals surface area (Å²) in [6.45, 7) is 6.11. The molecule has 2 aromatic carbocycles. The largest absolute Gasteiger partial charge is 0.484 e. The van der Waals surface area contributed by atoms with Crippen molar-refractivity contribution < 1.29 is 9.53 Å².